The Labute approximate surface area is 182 Å². The second-order valence-electron chi connectivity index (χ2n) is 9.14. The molecule has 2 heterocycles. The third kappa shape index (κ3) is 5.28. The van der Waals surface area contributed by atoms with Gasteiger partial charge in [-0.3, -0.25) is 9.59 Å². The van der Waals surface area contributed by atoms with Crippen molar-refractivity contribution >= 4 is 23.2 Å². The lowest BCUT2D eigenvalue weighted by molar-refractivity contribution is -0.142. The second kappa shape index (κ2) is 9.29. The van der Waals surface area contributed by atoms with Crippen molar-refractivity contribution in [1.82, 2.24) is 9.80 Å². The minimum Gasteiger partial charge on any atom is -0.333 e. The molecule has 0 unspecified atom stereocenters. The summed E-state index contributed by atoms with van der Waals surface area (Å²) in [5, 5.41) is 2.05. The number of carbonyl (C=O) groups is 2. The standard InChI is InChI=1S/C24H31FN2O2S/c1-5-12-26(21(28)15-24(2,3)4)16-22(29)27-13-10-20-19(11-14-30-20)23(27)17-6-8-18(25)9-7-17/h6-9,11,14,23H,5,10,12-13,15-16H2,1-4H3/t23-/m0/s1. The number of thiophene rings is 1. The number of carbonyl (C=O) groups excluding carboxylic acids is 2. The zero-order valence-electron chi connectivity index (χ0n) is 18.3. The number of halogens is 1. The third-order valence-electron chi connectivity index (χ3n) is 5.33. The summed E-state index contributed by atoms with van der Waals surface area (Å²) in [5.41, 5.74) is 1.88. The Balaban J connectivity index is 1.85. The first-order valence-electron chi connectivity index (χ1n) is 10.6. The smallest absolute Gasteiger partial charge is 0.242 e. The van der Waals surface area contributed by atoms with Crippen LogP contribution in [0, 0.1) is 11.2 Å². The van der Waals surface area contributed by atoms with E-state index in [0.717, 1.165) is 24.0 Å². The molecule has 0 saturated heterocycles. The van der Waals surface area contributed by atoms with E-state index in [9.17, 15) is 14.0 Å². The van der Waals surface area contributed by atoms with Crippen molar-refractivity contribution in [3.63, 3.8) is 0 Å². The number of hydrogen-bond donors (Lipinski definition) is 0. The van der Waals surface area contributed by atoms with Gasteiger partial charge in [-0.05, 0) is 53.0 Å². The summed E-state index contributed by atoms with van der Waals surface area (Å²) < 4.78 is 13.5. The molecule has 1 aromatic heterocycles. The minimum atomic E-state index is -0.292. The predicted molar refractivity (Wildman–Crippen MR) is 119 cm³/mol. The van der Waals surface area contributed by atoms with Gasteiger partial charge in [0.25, 0.3) is 0 Å². The van der Waals surface area contributed by atoms with Crippen molar-refractivity contribution in [3.05, 3.63) is 57.5 Å². The van der Waals surface area contributed by atoms with Crippen molar-refractivity contribution in [2.24, 2.45) is 5.41 Å². The lowest BCUT2D eigenvalue weighted by Crippen LogP contribution is -2.47. The number of amides is 2. The van der Waals surface area contributed by atoms with Gasteiger partial charge in [0, 0.05) is 24.4 Å². The van der Waals surface area contributed by atoms with Gasteiger partial charge in [-0.2, -0.15) is 0 Å². The van der Waals surface area contributed by atoms with Crippen molar-refractivity contribution in [3.8, 4) is 0 Å². The zero-order chi connectivity index (χ0) is 21.9. The molecule has 0 radical (unpaired) electrons. The lowest BCUT2D eigenvalue weighted by atomic mass is 9.91. The molecule has 4 nitrogen and oxygen atoms in total. The van der Waals surface area contributed by atoms with Gasteiger partial charge >= 0.3 is 0 Å². The van der Waals surface area contributed by atoms with Gasteiger partial charge in [-0.25, -0.2) is 4.39 Å². The Kier molecular flexibility index (Phi) is 6.96. The fraction of sp³-hybridized carbons (Fsp3) is 0.500. The highest BCUT2D eigenvalue weighted by Crippen LogP contribution is 2.38. The molecule has 1 aliphatic heterocycles. The first kappa shape index (κ1) is 22.5. The van der Waals surface area contributed by atoms with Gasteiger partial charge in [-0.15, -0.1) is 11.3 Å². The molecule has 0 spiro atoms. The molecule has 0 aliphatic carbocycles. The van der Waals surface area contributed by atoms with Gasteiger partial charge in [0.15, 0.2) is 0 Å². The van der Waals surface area contributed by atoms with Crippen LogP contribution < -0.4 is 0 Å². The van der Waals surface area contributed by atoms with Gasteiger partial charge < -0.3 is 9.80 Å². The molecular formula is C24H31FN2O2S. The Bertz CT molecular complexity index is 885. The first-order valence-corrected chi connectivity index (χ1v) is 11.5. The summed E-state index contributed by atoms with van der Waals surface area (Å²) in [7, 11) is 0. The number of benzene rings is 1. The van der Waals surface area contributed by atoms with E-state index < -0.39 is 0 Å². The van der Waals surface area contributed by atoms with Crippen LogP contribution in [-0.4, -0.2) is 41.2 Å². The highest BCUT2D eigenvalue weighted by atomic mass is 32.1. The van der Waals surface area contributed by atoms with Crippen molar-refractivity contribution in [2.45, 2.75) is 53.0 Å². The van der Waals surface area contributed by atoms with E-state index in [0.29, 0.717) is 19.5 Å². The molecule has 3 rings (SSSR count). The van der Waals surface area contributed by atoms with E-state index in [1.165, 1.54) is 17.0 Å². The van der Waals surface area contributed by atoms with Crippen LogP contribution in [0.25, 0.3) is 0 Å². The van der Waals surface area contributed by atoms with Crippen LogP contribution >= 0.6 is 11.3 Å². The van der Waals surface area contributed by atoms with Crippen LogP contribution in [0.1, 0.15) is 62.6 Å². The van der Waals surface area contributed by atoms with Crippen LogP contribution in [0.15, 0.2) is 35.7 Å². The SMILES string of the molecule is CCCN(CC(=O)N1CCc2sccc2[C@@H]1c1ccc(F)cc1)C(=O)CC(C)(C)C. The normalized spacial score (nSPS) is 16.3. The van der Waals surface area contributed by atoms with Crippen LogP contribution in [0.4, 0.5) is 4.39 Å². The molecule has 0 saturated carbocycles. The predicted octanol–water partition coefficient (Wildman–Crippen LogP) is 5.04. The molecule has 0 N–H and O–H groups in total. The maximum Gasteiger partial charge on any atom is 0.242 e. The van der Waals surface area contributed by atoms with Gasteiger partial charge in [0.2, 0.25) is 11.8 Å². The molecular weight excluding hydrogens is 399 g/mol. The number of hydrogen-bond acceptors (Lipinski definition) is 3. The molecule has 0 fully saturated rings. The maximum atomic E-state index is 13.5. The number of fused-ring (bicyclic) bond motifs is 1. The van der Waals surface area contributed by atoms with Crippen LogP contribution in [0.3, 0.4) is 0 Å². The average Bonchev–Trinajstić information content (AvgIpc) is 3.15. The van der Waals surface area contributed by atoms with E-state index in [1.807, 2.05) is 38.0 Å². The topological polar surface area (TPSA) is 40.6 Å². The average molecular weight is 431 g/mol. The van der Waals surface area contributed by atoms with Crippen molar-refractivity contribution in [1.29, 1.82) is 0 Å². The Morgan fingerprint density at radius 2 is 1.90 bits per heavy atom. The molecule has 1 aromatic carbocycles. The maximum absolute atomic E-state index is 13.5. The molecule has 30 heavy (non-hydrogen) atoms. The highest BCUT2D eigenvalue weighted by molar-refractivity contribution is 7.10. The van der Waals surface area contributed by atoms with E-state index in [1.54, 1.807) is 28.4 Å². The molecule has 1 atom stereocenters. The fourth-order valence-electron chi connectivity index (χ4n) is 3.97. The molecule has 162 valence electrons. The monoisotopic (exact) mass is 430 g/mol. The summed E-state index contributed by atoms with van der Waals surface area (Å²) in [4.78, 5) is 31.0. The molecule has 6 heteroatoms. The van der Waals surface area contributed by atoms with Crippen LogP contribution in [0.2, 0.25) is 0 Å². The summed E-state index contributed by atoms with van der Waals surface area (Å²) in [6.07, 6.45) is 2.02. The minimum absolute atomic E-state index is 0.0178. The zero-order valence-corrected chi connectivity index (χ0v) is 19.1. The van der Waals surface area contributed by atoms with E-state index in [2.05, 4.69) is 6.07 Å². The number of rotatable bonds is 6. The molecule has 2 aromatic rings. The molecule has 1 aliphatic rings. The van der Waals surface area contributed by atoms with Crippen LogP contribution in [0.5, 0.6) is 0 Å². The lowest BCUT2D eigenvalue weighted by Gasteiger charge is -2.38. The van der Waals surface area contributed by atoms with Gasteiger partial charge in [0.05, 0.1) is 12.6 Å². The number of nitrogens with zero attached hydrogens (tertiary/aromatic N) is 2. The Hall–Kier alpha value is -2.21. The van der Waals surface area contributed by atoms with Gasteiger partial charge in [0.1, 0.15) is 5.82 Å². The van der Waals surface area contributed by atoms with Gasteiger partial charge in [-0.1, -0.05) is 39.8 Å². The van der Waals surface area contributed by atoms with Crippen LogP contribution in [-0.2, 0) is 16.0 Å². The highest BCUT2D eigenvalue weighted by Gasteiger charge is 2.34. The summed E-state index contributed by atoms with van der Waals surface area (Å²) in [6.45, 7) is 9.36. The van der Waals surface area contributed by atoms with Crippen molar-refractivity contribution in [2.75, 3.05) is 19.6 Å². The molecule has 0 bridgehead atoms. The Morgan fingerprint density at radius 1 is 1.20 bits per heavy atom. The van der Waals surface area contributed by atoms with E-state index in [4.69, 9.17) is 0 Å². The summed E-state index contributed by atoms with van der Waals surface area (Å²) >= 11 is 1.70. The summed E-state index contributed by atoms with van der Waals surface area (Å²) in [6, 6.07) is 8.20. The quantitative estimate of drug-likeness (QED) is 0.644. The van der Waals surface area contributed by atoms with Crippen molar-refractivity contribution < 1.29 is 14.0 Å². The summed E-state index contributed by atoms with van der Waals surface area (Å²) in [5.74, 6) is -0.332. The first-order chi connectivity index (χ1) is 14.2. The van der Waals surface area contributed by atoms with E-state index in [-0.39, 0.29) is 35.6 Å². The second-order valence-corrected chi connectivity index (χ2v) is 10.1. The fourth-order valence-corrected chi connectivity index (χ4v) is 4.87. The van der Waals surface area contributed by atoms with E-state index >= 15 is 0 Å². The Morgan fingerprint density at radius 3 is 2.53 bits per heavy atom. The third-order valence-corrected chi connectivity index (χ3v) is 6.32. The molecule has 2 amide bonds. The largest absolute Gasteiger partial charge is 0.333 e.